The maximum atomic E-state index is 5.49. The van der Waals surface area contributed by atoms with Gasteiger partial charge in [-0.2, -0.15) is 0 Å². The van der Waals surface area contributed by atoms with Crippen molar-refractivity contribution >= 4 is 17.0 Å². The number of nitrogens with zero attached hydrogens (tertiary/aromatic N) is 3. The monoisotopic (exact) mass is 409 g/mol. The molecule has 0 radical (unpaired) electrons. The molecule has 1 aromatic heterocycles. The second-order valence-corrected chi connectivity index (χ2v) is 8.03. The normalized spacial score (nSPS) is 15.6. The zero-order chi connectivity index (χ0) is 20.1. The van der Waals surface area contributed by atoms with Gasteiger partial charge < -0.3 is 14.0 Å². The topological polar surface area (TPSA) is 39.0 Å². The van der Waals surface area contributed by atoms with Gasteiger partial charge in [0.2, 0.25) is 0 Å². The van der Waals surface area contributed by atoms with E-state index in [-0.39, 0.29) is 0 Å². The van der Waals surface area contributed by atoms with Crippen molar-refractivity contribution in [1.82, 2.24) is 9.47 Å². The van der Waals surface area contributed by atoms with Crippen LogP contribution in [-0.2, 0) is 11.3 Å². The number of hydrogen-bond acceptors (Lipinski definition) is 5. The van der Waals surface area contributed by atoms with Crippen molar-refractivity contribution in [2.24, 2.45) is 4.99 Å². The summed E-state index contributed by atoms with van der Waals surface area (Å²) in [6.07, 6.45) is 0. The number of aryl methyl sites for hydroxylation is 1. The van der Waals surface area contributed by atoms with Gasteiger partial charge in [0.05, 0.1) is 31.7 Å². The van der Waals surface area contributed by atoms with E-state index in [2.05, 4.69) is 58.2 Å². The summed E-state index contributed by atoms with van der Waals surface area (Å²) in [4.78, 5) is 8.44. The van der Waals surface area contributed by atoms with Crippen molar-refractivity contribution in [1.29, 1.82) is 0 Å². The van der Waals surface area contributed by atoms with E-state index in [1.807, 2.05) is 12.1 Å². The highest BCUT2D eigenvalue weighted by Gasteiger charge is 2.13. The minimum Gasteiger partial charge on any atom is -0.497 e. The van der Waals surface area contributed by atoms with Gasteiger partial charge in [-0.3, -0.25) is 4.90 Å². The molecular formula is C23H27N3O2S. The van der Waals surface area contributed by atoms with Gasteiger partial charge in [-0.05, 0) is 36.8 Å². The first-order valence-corrected chi connectivity index (χ1v) is 10.8. The van der Waals surface area contributed by atoms with E-state index in [9.17, 15) is 0 Å². The van der Waals surface area contributed by atoms with Crippen LogP contribution in [0.15, 0.2) is 58.9 Å². The molecule has 0 atom stereocenters. The van der Waals surface area contributed by atoms with Crippen LogP contribution >= 0.6 is 11.3 Å². The Morgan fingerprint density at radius 3 is 2.69 bits per heavy atom. The summed E-state index contributed by atoms with van der Waals surface area (Å²) in [5.74, 6) is 0.866. The summed E-state index contributed by atoms with van der Waals surface area (Å²) in [7, 11) is 1.71. The standard InChI is InChI=1S/C23H27N3O2S/c1-18-5-3-7-20(15-18)24-23-26(10-9-25-11-13-28-14-12-25)22(17-29-23)19-6-4-8-21(16-19)27-2/h3-8,15-17H,9-14H2,1-2H3. The maximum Gasteiger partial charge on any atom is 0.190 e. The molecule has 1 saturated heterocycles. The maximum absolute atomic E-state index is 5.49. The van der Waals surface area contributed by atoms with Crippen molar-refractivity contribution in [2.45, 2.75) is 13.5 Å². The molecule has 3 aromatic rings. The third-order valence-corrected chi connectivity index (χ3v) is 6.00. The van der Waals surface area contributed by atoms with Crippen molar-refractivity contribution in [3.8, 4) is 17.0 Å². The van der Waals surface area contributed by atoms with Crippen molar-refractivity contribution < 1.29 is 9.47 Å². The van der Waals surface area contributed by atoms with Crippen molar-refractivity contribution in [2.75, 3.05) is 40.0 Å². The molecule has 1 aliphatic rings. The van der Waals surface area contributed by atoms with Gasteiger partial charge in [-0.15, -0.1) is 11.3 Å². The fourth-order valence-corrected chi connectivity index (χ4v) is 4.48. The average molecular weight is 410 g/mol. The fraction of sp³-hybridized carbons (Fsp3) is 0.348. The number of aromatic nitrogens is 1. The molecule has 0 unspecified atom stereocenters. The molecule has 2 heterocycles. The van der Waals surface area contributed by atoms with E-state index < -0.39 is 0 Å². The van der Waals surface area contributed by atoms with E-state index in [0.29, 0.717) is 0 Å². The summed E-state index contributed by atoms with van der Waals surface area (Å²) < 4.78 is 13.3. The molecule has 0 spiro atoms. The fourth-order valence-electron chi connectivity index (χ4n) is 3.52. The van der Waals surface area contributed by atoms with Gasteiger partial charge in [0.1, 0.15) is 5.75 Å². The summed E-state index contributed by atoms with van der Waals surface area (Å²) in [5.41, 5.74) is 4.53. The van der Waals surface area contributed by atoms with Crippen LogP contribution < -0.4 is 9.54 Å². The Labute approximate surface area is 175 Å². The zero-order valence-corrected chi connectivity index (χ0v) is 17.8. The molecule has 1 fully saturated rings. The minimum atomic E-state index is 0.817. The highest BCUT2D eigenvalue weighted by Crippen LogP contribution is 2.25. The van der Waals surface area contributed by atoms with E-state index in [1.54, 1.807) is 18.4 Å². The lowest BCUT2D eigenvalue weighted by Crippen LogP contribution is -2.39. The molecule has 0 saturated carbocycles. The molecule has 4 rings (SSSR count). The Morgan fingerprint density at radius 2 is 1.90 bits per heavy atom. The second kappa shape index (κ2) is 9.39. The van der Waals surface area contributed by atoms with E-state index in [4.69, 9.17) is 14.5 Å². The number of benzene rings is 2. The van der Waals surface area contributed by atoms with Gasteiger partial charge in [0.25, 0.3) is 0 Å². The number of hydrogen-bond donors (Lipinski definition) is 0. The Morgan fingerprint density at radius 1 is 1.07 bits per heavy atom. The average Bonchev–Trinajstić information content (AvgIpc) is 3.15. The number of rotatable bonds is 6. The second-order valence-electron chi connectivity index (χ2n) is 7.19. The van der Waals surface area contributed by atoms with Crippen molar-refractivity contribution in [3.05, 3.63) is 64.3 Å². The third kappa shape index (κ3) is 4.96. The van der Waals surface area contributed by atoms with Crippen LogP contribution in [0.1, 0.15) is 5.56 Å². The van der Waals surface area contributed by atoms with Crippen LogP contribution in [0.5, 0.6) is 5.75 Å². The highest BCUT2D eigenvalue weighted by atomic mass is 32.1. The molecule has 6 heteroatoms. The molecule has 2 aromatic carbocycles. The smallest absolute Gasteiger partial charge is 0.190 e. The number of morpholine rings is 1. The first-order chi connectivity index (χ1) is 14.2. The molecule has 0 aliphatic carbocycles. The lowest BCUT2D eigenvalue weighted by atomic mass is 10.1. The summed E-state index contributed by atoms with van der Waals surface area (Å²) >= 11 is 1.68. The van der Waals surface area contributed by atoms with Gasteiger partial charge in [-0.25, -0.2) is 4.99 Å². The summed E-state index contributed by atoms with van der Waals surface area (Å²) in [6.45, 7) is 7.59. The number of ether oxygens (including phenoxy) is 2. The number of methoxy groups -OCH3 is 1. The van der Waals surface area contributed by atoms with Gasteiger partial charge in [-0.1, -0.05) is 24.3 Å². The highest BCUT2D eigenvalue weighted by molar-refractivity contribution is 7.07. The Hall–Kier alpha value is -2.41. The predicted molar refractivity (Wildman–Crippen MR) is 118 cm³/mol. The molecule has 0 bridgehead atoms. The predicted octanol–water partition coefficient (Wildman–Crippen LogP) is 4.10. The molecular weight excluding hydrogens is 382 g/mol. The molecule has 1 aliphatic heterocycles. The largest absolute Gasteiger partial charge is 0.497 e. The molecule has 0 amide bonds. The zero-order valence-electron chi connectivity index (χ0n) is 17.0. The van der Waals surface area contributed by atoms with Gasteiger partial charge in [0.15, 0.2) is 4.80 Å². The van der Waals surface area contributed by atoms with E-state index in [1.165, 1.54) is 11.3 Å². The third-order valence-electron chi connectivity index (χ3n) is 5.13. The Balaban J connectivity index is 1.71. The Kier molecular flexibility index (Phi) is 6.44. The van der Waals surface area contributed by atoms with Crippen LogP contribution in [0.3, 0.4) is 0 Å². The first-order valence-electron chi connectivity index (χ1n) is 9.97. The quantitative estimate of drug-likeness (QED) is 0.615. The van der Waals surface area contributed by atoms with Crippen LogP contribution in [0.2, 0.25) is 0 Å². The minimum absolute atomic E-state index is 0.817. The number of thiazole rings is 1. The molecule has 0 N–H and O–H groups in total. The van der Waals surface area contributed by atoms with E-state index in [0.717, 1.165) is 61.2 Å². The van der Waals surface area contributed by atoms with Crippen LogP contribution in [0, 0.1) is 6.92 Å². The molecule has 5 nitrogen and oxygen atoms in total. The van der Waals surface area contributed by atoms with E-state index >= 15 is 0 Å². The van der Waals surface area contributed by atoms with Gasteiger partial charge >= 0.3 is 0 Å². The van der Waals surface area contributed by atoms with Crippen LogP contribution in [0.4, 0.5) is 5.69 Å². The van der Waals surface area contributed by atoms with Crippen LogP contribution in [0.25, 0.3) is 11.3 Å². The Bertz CT molecular complexity index is 1020. The first kappa shape index (κ1) is 19.9. The summed E-state index contributed by atoms with van der Waals surface area (Å²) in [6, 6.07) is 16.6. The SMILES string of the molecule is COc1cccc(-c2csc(=Nc3cccc(C)c3)n2CCN2CCOCC2)c1. The molecule has 152 valence electrons. The summed E-state index contributed by atoms with van der Waals surface area (Å²) in [5, 5.41) is 2.20. The van der Waals surface area contributed by atoms with Crippen LogP contribution in [-0.4, -0.2) is 49.4 Å². The van der Waals surface area contributed by atoms with Crippen molar-refractivity contribution in [3.63, 3.8) is 0 Å². The lowest BCUT2D eigenvalue weighted by molar-refractivity contribution is 0.0363. The molecule has 29 heavy (non-hydrogen) atoms. The lowest BCUT2D eigenvalue weighted by Gasteiger charge is -2.26. The van der Waals surface area contributed by atoms with Gasteiger partial charge in [0, 0.05) is 37.1 Å².